The molecule has 3 aromatic rings. The number of carboxylic acid groups (broad SMARTS) is 1. The number of nitrogens with zero attached hydrogens (tertiary/aromatic N) is 2. The van der Waals surface area contributed by atoms with Crippen LogP contribution in [-0.4, -0.2) is 33.8 Å². The number of likely N-dealkylation sites (tertiary alicyclic amines) is 1. The van der Waals surface area contributed by atoms with Gasteiger partial charge in [0.2, 0.25) is 0 Å². The molecular formula is C19H20N2O2S. The van der Waals surface area contributed by atoms with Gasteiger partial charge < -0.3 is 14.6 Å². The summed E-state index contributed by atoms with van der Waals surface area (Å²) in [5.74, 6) is 0.439. The maximum Gasteiger partial charge on any atom is 0.407 e. The summed E-state index contributed by atoms with van der Waals surface area (Å²) in [4.78, 5) is 12.6. The fourth-order valence-corrected chi connectivity index (χ4v) is 4.35. The Balaban J connectivity index is 1.65. The standard InChI is InChI=1S/C19H20N2O2S/c22-19(23)20-8-5-15(6-9-20)17-12-21(11-14-7-10-24-13-14)18-4-2-1-3-16(17)18/h1-4,7,10,12-13,15H,5-6,8-9,11H2,(H,22,23). The predicted molar refractivity (Wildman–Crippen MR) is 96.9 cm³/mol. The molecule has 1 saturated heterocycles. The van der Waals surface area contributed by atoms with Crippen molar-refractivity contribution in [2.24, 2.45) is 0 Å². The molecule has 1 fully saturated rings. The lowest BCUT2D eigenvalue weighted by Gasteiger charge is -2.29. The second-order valence-corrected chi connectivity index (χ2v) is 7.19. The van der Waals surface area contributed by atoms with Gasteiger partial charge in [0.1, 0.15) is 0 Å². The number of fused-ring (bicyclic) bond motifs is 1. The summed E-state index contributed by atoms with van der Waals surface area (Å²) in [6, 6.07) is 10.7. The highest BCUT2D eigenvalue weighted by atomic mass is 32.1. The van der Waals surface area contributed by atoms with Crippen molar-refractivity contribution in [2.75, 3.05) is 13.1 Å². The molecule has 1 aliphatic rings. The van der Waals surface area contributed by atoms with Gasteiger partial charge in [-0.2, -0.15) is 11.3 Å². The Hall–Kier alpha value is -2.27. The number of benzene rings is 1. The molecule has 0 atom stereocenters. The van der Waals surface area contributed by atoms with Crippen LogP contribution >= 0.6 is 11.3 Å². The maximum atomic E-state index is 11.1. The summed E-state index contributed by atoms with van der Waals surface area (Å²) in [7, 11) is 0. The zero-order valence-corrected chi connectivity index (χ0v) is 14.2. The zero-order chi connectivity index (χ0) is 16.5. The van der Waals surface area contributed by atoms with E-state index in [1.54, 1.807) is 11.3 Å². The van der Waals surface area contributed by atoms with E-state index in [-0.39, 0.29) is 0 Å². The van der Waals surface area contributed by atoms with Gasteiger partial charge in [-0.3, -0.25) is 0 Å². The average Bonchev–Trinajstić information content (AvgIpc) is 3.24. The van der Waals surface area contributed by atoms with Crippen molar-refractivity contribution in [1.82, 2.24) is 9.47 Å². The van der Waals surface area contributed by atoms with Crippen molar-refractivity contribution in [3.63, 3.8) is 0 Å². The van der Waals surface area contributed by atoms with Gasteiger partial charge in [-0.15, -0.1) is 0 Å². The molecular weight excluding hydrogens is 320 g/mol. The number of aromatic nitrogens is 1. The Morgan fingerprint density at radius 2 is 2.00 bits per heavy atom. The van der Waals surface area contributed by atoms with Crippen LogP contribution in [-0.2, 0) is 6.54 Å². The third-order valence-corrected chi connectivity index (χ3v) is 5.69. The van der Waals surface area contributed by atoms with Crippen LogP contribution in [0.15, 0.2) is 47.3 Å². The molecule has 5 heteroatoms. The van der Waals surface area contributed by atoms with Gasteiger partial charge in [-0.1, -0.05) is 18.2 Å². The molecule has 124 valence electrons. The van der Waals surface area contributed by atoms with Gasteiger partial charge in [-0.25, -0.2) is 4.79 Å². The molecule has 0 radical (unpaired) electrons. The summed E-state index contributed by atoms with van der Waals surface area (Å²) < 4.78 is 2.33. The molecule has 1 aliphatic heterocycles. The monoisotopic (exact) mass is 340 g/mol. The van der Waals surface area contributed by atoms with Crippen LogP contribution in [0, 0.1) is 0 Å². The van der Waals surface area contributed by atoms with Gasteiger partial charge in [0.25, 0.3) is 0 Å². The van der Waals surface area contributed by atoms with Gasteiger partial charge in [0.15, 0.2) is 0 Å². The Morgan fingerprint density at radius 3 is 2.71 bits per heavy atom. The number of para-hydroxylation sites is 1. The van der Waals surface area contributed by atoms with Crippen LogP contribution in [0.1, 0.15) is 29.9 Å². The first-order valence-electron chi connectivity index (χ1n) is 8.29. The Morgan fingerprint density at radius 1 is 1.21 bits per heavy atom. The van der Waals surface area contributed by atoms with Crippen LogP contribution in [0.3, 0.4) is 0 Å². The van der Waals surface area contributed by atoms with E-state index < -0.39 is 6.09 Å². The van der Waals surface area contributed by atoms with Crippen molar-refractivity contribution in [3.05, 3.63) is 58.4 Å². The quantitative estimate of drug-likeness (QED) is 0.757. The lowest BCUT2D eigenvalue weighted by molar-refractivity contribution is 0.132. The minimum Gasteiger partial charge on any atom is -0.465 e. The molecule has 24 heavy (non-hydrogen) atoms. The van der Waals surface area contributed by atoms with E-state index in [1.165, 1.54) is 26.9 Å². The normalized spacial score (nSPS) is 15.9. The second-order valence-electron chi connectivity index (χ2n) is 6.40. The van der Waals surface area contributed by atoms with E-state index >= 15 is 0 Å². The molecule has 4 nitrogen and oxygen atoms in total. The molecule has 0 bridgehead atoms. The molecule has 1 N–H and O–H groups in total. The number of piperidine rings is 1. The summed E-state index contributed by atoms with van der Waals surface area (Å²) in [5, 5.41) is 14.8. The van der Waals surface area contributed by atoms with E-state index in [4.69, 9.17) is 5.11 Å². The van der Waals surface area contributed by atoms with Crippen molar-refractivity contribution >= 4 is 28.3 Å². The molecule has 0 aliphatic carbocycles. The summed E-state index contributed by atoms with van der Waals surface area (Å²) >= 11 is 1.73. The molecule has 1 amide bonds. The van der Waals surface area contributed by atoms with Crippen molar-refractivity contribution in [1.29, 1.82) is 0 Å². The van der Waals surface area contributed by atoms with Crippen molar-refractivity contribution < 1.29 is 9.90 Å². The number of carbonyl (C=O) groups is 1. The highest BCUT2D eigenvalue weighted by Crippen LogP contribution is 2.34. The van der Waals surface area contributed by atoms with Crippen LogP contribution in [0.2, 0.25) is 0 Å². The molecule has 4 rings (SSSR count). The van der Waals surface area contributed by atoms with E-state index in [0.29, 0.717) is 19.0 Å². The fourth-order valence-electron chi connectivity index (χ4n) is 3.69. The summed E-state index contributed by atoms with van der Waals surface area (Å²) in [5.41, 5.74) is 3.96. The average molecular weight is 340 g/mol. The molecule has 0 saturated carbocycles. The molecule has 0 unspecified atom stereocenters. The molecule has 1 aromatic carbocycles. The number of amides is 1. The van der Waals surface area contributed by atoms with Gasteiger partial charge in [0.05, 0.1) is 0 Å². The van der Waals surface area contributed by atoms with E-state index in [9.17, 15) is 4.79 Å². The van der Waals surface area contributed by atoms with Gasteiger partial charge in [-0.05, 0) is 52.8 Å². The second kappa shape index (κ2) is 6.32. The SMILES string of the molecule is O=C(O)N1CCC(c2cn(Cc3ccsc3)c3ccccc23)CC1. The van der Waals surface area contributed by atoms with Crippen LogP contribution in [0.4, 0.5) is 4.79 Å². The van der Waals surface area contributed by atoms with E-state index in [2.05, 4.69) is 51.9 Å². The lowest BCUT2D eigenvalue weighted by Crippen LogP contribution is -2.36. The fraction of sp³-hybridized carbons (Fsp3) is 0.316. The topological polar surface area (TPSA) is 45.5 Å². The molecule has 0 spiro atoms. The first-order chi connectivity index (χ1) is 11.7. The van der Waals surface area contributed by atoms with E-state index in [1.807, 2.05) is 0 Å². The zero-order valence-electron chi connectivity index (χ0n) is 13.4. The highest BCUT2D eigenvalue weighted by Gasteiger charge is 2.25. The Bertz CT molecular complexity index is 846. The highest BCUT2D eigenvalue weighted by molar-refractivity contribution is 7.07. The van der Waals surface area contributed by atoms with Crippen LogP contribution in [0.25, 0.3) is 10.9 Å². The van der Waals surface area contributed by atoms with Crippen molar-refractivity contribution in [2.45, 2.75) is 25.3 Å². The number of hydrogen-bond donors (Lipinski definition) is 1. The maximum absolute atomic E-state index is 11.1. The molecule has 2 aromatic heterocycles. The van der Waals surface area contributed by atoms with Crippen molar-refractivity contribution in [3.8, 4) is 0 Å². The number of hydrogen-bond acceptors (Lipinski definition) is 2. The van der Waals surface area contributed by atoms with E-state index in [0.717, 1.165) is 19.4 Å². The van der Waals surface area contributed by atoms with Gasteiger partial charge >= 0.3 is 6.09 Å². The lowest BCUT2D eigenvalue weighted by atomic mass is 9.89. The minimum atomic E-state index is -0.798. The van der Waals surface area contributed by atoms with Crippen LogP contribution in [0.5, 0.6) is 0 Å². The summed E-state index contributed by atoms with van der Waals surface area (Å²) in [6.45, 7) is 2.14. The number of thiophene rings is 1. The first-order valence-corrected chi connectivity index (χ1v) is 9.23. The number of rotatable bonds is 3. The largest absolute Gasteiger partial charge is 0.465 e. The van der Waals surface area contributed by atoms with Crippen LogP contribution < -0.4 is 0 Å². The third-order valence-electron chi connectivity index (χ3n) is 4.96. The third kappa shape index (κ3) is 2.80. The van der Waals surface area contributed by atoms with Gasteiger partial charge in [0, 0.05) is 36.7 Å². The molecule has 3 heterocycles. The minimum absolute atomic E-state index is 0.439. The summed E-state index contributed by atoms with van der Waals surface area (Å²) in [6.07, 6.45) is 3.29. The Kier molecular flexibility index (Phi) is 4.02. The first kappa shape index (κ1) is 15.3. The smallest absolute Gasteiger partial charge is 0.407 e. The predicted octanol–water partition coefficient (Wildman–Crippen LogP) is 4.61. The Labute approximate surface area is 144 Å².